The molecule has 5 N–H and O–H groups in total. The number of ketones is 1. The van der Waals surface area contributed by atoms with E-state index in [0.717, 1.165) is 83.8 Å². The van der Waals surface area contributed by atoms with E-state index in [-0.39, 0.29) is 24.3 Å². The molecule has 59 heavy (non-hydrogen) atoms. The van der Waals surface area contributed by atoms with Crippen molar-refractivity contribution < 1.29 is 23.9 Å². The third-order valence-electron chi connectivity index (χ3n) is 11.5. The van der Waals surface area contributed by atoms with Gasteiger partial charge in [-0.25, -0.2) is 0 Å². The van der Waals surface area contributed by atoms with Gasteiger partial charge in [0.05, 0.1) is 6.04 Å². The van der Waals surface area contributed by atoms with E-state index in [1.54, 1.807) is 0 Å². The van der Waals surface area contributed by atoms with E-state index < -0.39 is 12.1 Å². The zero-order valence-corrected chi connectivity index (χ0v) is 40.0. The van der Waals surface area contributed by atoms with Crippen molar-refractivity contribution in [3.8, 4) is 0 Å². The highest BCUT2D eigenvalue weighted by Gasteiger charge is 2.20. The van der Waals surface area contributed by atoms with Gasteiger partial charge in [-0.3, -0.25) is 14.4 Å². The van der Waals surface area contributed by atoms with Crippen LogP contribution in [0.1, 0.15) is 251 Å². The minimum Gasteiger partial charge on any atom is -0.462 e. The molecule has 0 spiro atoms. The van der Waals surface area contributed by atoms with Gasteiger partial charge in [0.25, 0.3) is 0 Å². The molecule has 0 rings (SSSR count). The normalized spacial score (nSPS) is 12.5. The van der Waals surface area contributed by atoms with Crippen LogP contribution in [0.4, 0.5) is 0 Å². The maximum Gasteiger partial charge on any atom is 0.306 e. The average molecular weight is 854 g/mol. The van der Waals surface area contributed by atoms with Gasteiger partial charge in [-0.1, -0.05) is 200 Å². The van der Waals surface area contributed by atoms with Crippen molar-refractivity contribution in [2.45, 2.75) is 264 Å². The maximum atomic E-state index is 12.8. The second-order valence-corrected chi connectivity index (χ2v) is 18.6. The highest BCUT2D eigenvalue weighted by molar-refractivity contribution is 7.99. The number of carbonyl (C=O) groups is 3. The molecule has 0 bridgehead atoms. The molecule has 0 radical (unpaired) electrons. The first-order chi connectivity index (χ1) is 28.9. The van der Waals surface area contributed by atoms with Crippen molar-refractivity contribution >= 4 is 29.5 Å². The number of unbranched alkanes of at least 4 members (excludes halogenated alkanes) is 30. The van der Waals surface area contributed by atoms with E-state index >= 15 is 0 Å². The first-order valence-electron chi connectivity index (χ1n) is 25.6. The Hall–Kier alpha value is -1.16. The first-order valence-corrected chi connectivity index (χ1v) is 26.7. The van der Waals surface area contributed by atoms with Crippen LogP contribution in [0.2, 0.25) is 0 Å². The van der Waals surface area contributed by atoms with Gasteiger partial charge >= 0.3 is 11.9 Å². The third kappa shape index (κ3) is 44.7. The number of nitrogens with one attached hydrogen (secondary N) is 1. The van der Waals surface area contributed by atoms with E-state index in [0.29, 0.717) is 30.8 Å². The Morgan fingerprint density at radius 1 is 0.475 bits per heavy atom. The molecule has 8 nitrogen and oxygen atoms in total. The van der Waals surface area contributed by atoms with E-state index in [4.69, 9.17) is 20.9 Å². The number of rotatable bonds is 49. The molecule has 0 aliphatic carbocycles. The molecule has 0 saturated carbocycles. The monoisotopic (exact) mass is 854 g/mol. The Morgan fingerprint density at radius 2 is 0.847 bits per heavy atom. The Morgan fingerprint density at radius 3 is 1.29 bits per heavy atom. The second-order valence-electron chi connectivity index (χ2n) is 17.5. The van der Waals surface area contributed by atoms with Crippen LogP contribution in [0.5, 0.6) is 0 Å². The van der Waals surface area contributed by atoms with Crippen LogP contribution in [0.15, 0.2) is 0 Å². The number of Topliss-reactive ketones (excluding diaryl/α,β-unsaturated/α-hetero) is 1. The zero-order valence-electron chi connectivity index (χ0n) is 39.2. The van der Waals surface area contributed by atoms with E-state index in [9.17, 15) is 14.4 Å². The second kappa shape index (κ2) is 47.9. The van der Waals surface area contributed by atoms with Gasteiger partial charge in [0.1, 0.15) is 18.5 Å². The summed E-state index contributed by atoms with van der Waals surface area (Å²) in [6, 6.07) is -0.535. The first kappa shape index (κ1) is 57.8. The highest BCUT2D eigenvalue weighted by Crippen LogP contribution is 2.17. The van der Waals surface area contributed by atoms with Gasteiger partial charge in [-0.15, -0.1) is 0 Å². The van der Waals surface area contributed by atoms with Gasteiger partial charge in [-0.05, 0) is 51.7 Å². The molecule has 0 aromatic carbocycles. The lowest BCUT2D eigenvalue weighted by Crippen LogP contribution is -2.34. The van der Waals surface area contributed by atoms with Gasteiger partial charge in [0.15, 0.2) is 0 Å². The van der Waals surface area contributed by atoms with E-state index in [1.165, 1.54) is 166 Å². The predicted octanol–water partition coefficient (Wildman–Crippen LogP) is 13.1. The molecular weight excluding hydrogens is 755 g/mol. The van der Waals surface area contributed by atoms with Gasteiger partial charge < -0.3 is 26.3 Å². The molecule has 0 aliphatic rings. The van der Waals surface area contributed by atoms with Crippen LogP contribution in [-0.2, 0) is 23.9 Å². The summed E-state index contributed by atoms with van der Waals surface area (Å²) in [6.07, 6.45) is 42.6. The number of hydrogen-bond acceptors (Lipinski definition) is 9. The SMILES string of the molecule is CCCCCCCCCCCCCCCC(=O)OCC(CSC[C@H](N)C(=O)CCCCCCCCCNCCCN)OC(=O)CCCCCCCCCCCCCCC. The van der Waals surface area contributed by atoms with Crippen molar-refractivity contribution in [1.29, 1.82) is 0 Å². The van der Waals surface area contributed by atoms with Crippen molar-refractivity contribution in [3.05, 3.63) is 0 Å². The van der Waals surface area contributed by atoms with Gasteiger partial charge in [-0.2, -0.15) is 11.8 Å². The molecule has 0 aromatic rings. The summed E-state index contributed by atoms with van der Waals surface area (Å²) in [5.74, 6) is 0.572. The van der Waals surface area contributed by atoms with Crippen molar-refractivity contribution in [3.63, 3.8) is 0 Å². The molecule has 0 aromatic heterocycles. The minimum atomic E-state index is -0.535. The minimum absolute atomic E-state index is 0.0581. The van der Waals surface area contributed by atoms with Gasteiger partial charge in [0, 0.05) is 30.8 Å². The fraction of sp³-hybridized carbons (Fsp3) is 0.940. The fourth-order valence-electron chi connectivity index (χ4n) is 7.58. The van der Waals surface area contributed by atoms with Crippen LogP contribution in [0, 0.1) is 0 Å². The van der Waals surface area contributed by atoms with Crippen LogP contribution in [-0.4, -0.2) is 67.6 Å². The molecule has 350 valence electrons. The number of ether oxygens (including phenoxy) is 2. The largest absolute Gasteiger partial charge is 0.462 e. The Bertz CT molecular complexity index is 910. The lowest BCUT2D eigenvalue weighted by atomic mass is 10.0. The van der Waals surface area contributed by atoms with Crippen molar-refractivity contribution in [1.82, 2.24) is 5.32 Å². The standard InChI is InChI=1S/C50H99N3O5S/c1-3-5-7-9-11-13-15-17-19-21-25-29-33-38-49(55)57-43-46(58-50(56)39-34-30-26-22-20-18-16-14-12-10-8-6-4-2)44-59-45-47(52)48(54)37-32-28-24-23-27-31-35-41-53-42-36-40-51/h46-47,53H,3-45,51-52H2,1-2H3/t46?,47-/m0/s1. The molecule has 0 fully saturated rings. The summed E-state index contributed by atoms with van der Waals surface area (Å²) in [4.78, 5) is 38.2. The fourth-order valence-corrected chi connectivity index (χ4v) is 8.59. The zero-order chi connectivity index (χ0) is 43.1. The molecule has 1 unspecified atom stereocenters. The van der Waals surface area contributed by atoms with Crippen molar-refractivity contribution in [2.24, 2.45) is 11.5 Å². The maximum absolute atomic E-state index is 12.8. The molecule has 0 aliphatic heterocycles. The van der Waals surface area contributed by atoms with Crippen molar-refractivity contribution in [2.75, 3.05) is 37.7 Å². The molecule has 0 amide bonds. The summed E-state index contributed by atoms with van der Waals surface area (Å²) in [6.45, 7) is 7.41. The third-order valence-corrected chi connectivity index (χ3v) is 12.7. The van der Waals surface area contributed by atoms with Crippen LogP contribution in [0.25, 0.3) is 0 Å². The lowest BCUT2D eigenvalue weighted by molar-refractivity contribution is -0.157. The summed E-state index contributed by atoms with van der Waals surface area (Å²) < 4.78 is 11.5. The topological polar surface area (TPSA) is 134 Å². The molecule has 0 saturated heterocycles. The summed E-state index contributed by atoms with van der Waals surface area (Å²) in [5.41, 5.74) is 11.8. The predicted molar refractivity (Wildman–Crippen MR) is 255 cm³/mol. The summed E-state index contributed by atoms with van der Waals surface area (Å²) in [7, 11) is 0. The van der Waals surface area contributed by atoms with Gasteiger partial charge in [0.2, 0.25) is 0 Å². The molecular formula is C50H99N3O5S. The molecule has 0 heterocycles. The summed E-state index contributed by atoms with van der Waals surface area (Å²) >= 11 is 1.51. The smallest absolute Gasteiger partial charge is 0.306 e. The number of thioether (sulfide) groups is 1. The molecule has 9 heteroatoms. The van der Waals surface area contributed by atoms with Crippen LogP contribution < -0.4 is 16.8 Å². The number of hydrogen-bond donors (Lipinski definition) is 3. The number of nitrogens with two attached hydrogens (primary N) is 2. The van der Waals surface area contributed by atoms with E-state index in [1.807, 2.05) is 0 Å². The van der Waals surface area contributed by atoms with Crippen LogP contribution in [0.3, 0.4) is 0 Å². The Balaban J connectivity index is 4.40. The molecule has 2 atom stereocenters. The average Bonchev–Trinajstić information content (AvgIpc) is 3.23. The number of esters is 2. The lowest BCUT2D eigenvalue weighted by Gasteiger charge is -2.19. The summed E-state index contributed by atoms with van der Waals surface area (Å²) in [5, 5.41) is 3.43. The Labute approximate surface area is 370 Å². The Kier molecular flexibility index (Phi) is 46.9. The van der Waals surface area contributed by atoms with Crippen LogP contribution >= 0.6 is 11.8 Å². The number of carbonyl (C=O) groups excluding carboxylic acids is 3. The quantitative estimate of drug-likeness (QED) is 0.0404. The van der Waals surface area contributed by atoms with E-state index in [2.05, 4.69) is 19.2 Å². The highest BCUT2D eigenvalue weighted by atomic mass is 32.2.